The number of carbonyl (C=O) groups is 2. The third-order valence-corrected chi connectivity index (χ3v) is 7.21. The quantitative estimate of drug-likeness (QED) is 0.710. The van der Waals surface area contributed by atoms with E-state index < -0.39 is 15.9 Å². The second kappa shape index (κ2) is 9.58. The Balaban J connectivity index is 1.89. The van der Waals surface area contributed by atoms with E-state index in [1.165, 1.54) is 32.3 Å². The Hall–Kier alpha value is -2.46. The molecule has 1 aliphatic rings. The van der Waals surface area contributed by atoms with Crippen LogP contribution in [-0.2, 0) is 14.8 Å². The minimum atomic E-state index is -3.75. The van der Waals surface area contributed by atoms with Crippen LogP contribution >= 0.6 is 11.6 Å². The number of anilines is 1. The molecule has 1 aliphatic heterocycles. The predicted molar refractivity (Wildman–Crippen MR) is 123 cm³/mol. The number of hydrogen-bond donors (Lipinski definition) is 1. The van der Waals surface area contributed by atoms with Crippen molar-refractivity contribution in [1.82, 2.24) is 9.21 Å². The van der Waals surface area contributed by atoms with E-state index in [9.17, 15) is 18.0 Å². The maximum absolute atomic E-state index is 13.2. The monoisotopic (exact) mass is 479 g/mol. The molecule has 0 bridgehead atoms. The zero-order valence-corrected chi connectivity index (χ0v) is 19.9. The highest BCUT2D eigenvalue weighted by Gasteiger charge is 2.28. The minimum absolute atomic E-state index is 0.00883. The van der Waals surface area contributed by atoms with Gasteiger partial charge in [0.2, 0.25) is 10.0 Å². The molecule has 2 aromatic rings. The first-order valence-electron chi connectivity index (χ1n) is 10.1. The molecule has 1 saturated heterocycles. The molecule has 0 saturated carbocycles. The van der Waals surface area contributed by atoms with Crippen molar-refractivity contribution in [2.45, 2.75) is 31.0 Å². The van der Waals surface area contributed by atoms with Crippen LogP contribution in [0.4, 0.5) is 5.69 Å². The fraction of sp³-hybridized carbons (Fsp3) is 0.364. The highest BCUT2D eigenvalue weighted by atomic mass is 35.5. The Morgan fingerprint density at radius 1 is 1.06 bits per heavy atom. The van der Waals surface area contributed by atoms with Gasteiger partial charge in [-0.25, -0.2) is 12.7 Å². The maximum atomic E-state index is 13.2. The largest absolute Gasteiger partial charge is 0.372 e. The van der Waals surface area contributed by atoms with Crippen molar-refractivity contribution >= 4 is 39.1 Å². The summed E-state index contributed by atoms with van der Waals surface area (Å²) in [6.07, 6.45) is -0.186. The van der Waals surface area contributed by atoms with E-state index in [2.05, 4.69) is 5.32 Å². The summed E-state index contributed by atoms with van der Waals surface area (Å²) in [5.41, 5.74) is 0.632. The number of nitrogens with zero attached hydrogens (tertiary/aromatic N) is 2. The van der Waals surface area contributed by atoms with E-state index in [1.54, 1.807) is 29.2 Å². The SMILES string of the molecule is CC1CN(C(=O)c2ccccc2NC(=O)c2cc(S(=O)(=O)N(C)C)ccc2Cl)CC(C)O1. The normalized spacial score (nSPS) is 19.1. The summed E-state index contributed by atoms with van der Waals surface area (Å²) in [5.74, 6) is -0.840. The van der Waals surface area contributed by atoms with Gasteiger partial charge in [0, 0.05) is 27.2 Å². The van der Waals surface area contributed by atoms with Crippen molar-refractivity contribution < 1.29 is 22.7 Å². The molecule has 8 nitrogen and oxygen atoms in total. The van der Waals surface area contributed by atoms with Crippen LogP contribution in [0.25, 0.3) is 0 Å². The zero-order valence-electron chi connectivity index (χ0n) is 18.3. The Kier molecular flexibility index (Phi) is 7.24. The van der Waals surface area contributed by atoms with E-state index in [4.69, 9.17) is 16.3 Å². The van der Waals surface area contributed by atoms with E-state index >= 15 is 0 Å². The number of morpholine rings is 1. The number of ether oxygens (including phenoxy) is 1. The molecule has 10 heteroatoms. The van der Waals surface area contributed by atoms with Gasteiger partial charge >= 0.3 is 0 Å². The van der Waals surface area contributed by atoms with E-state index in [-0.39, 0.29) is 33.6 Å². The van der Waals surface area contributed by atoms with Gasteiger partial charge in [-0.05, 0) is 44.2 Å². The number of halogens is 1. The van der Waals surface area contributed by atoms with Crippen molar-refractivity contribution in [1.29, 1.82) is 0 Å². The summed E-state index contributed by atoms with van der Waals surface area (Å²) in [7, 11) is -0.944. The second-order valence-corrected chi connectivity index (χ2v) is 10.5. The first kappa shape index (κ1) is 24.2. The lowest BCUT2D eigenvalue weighted by Gasteiger charge is -2.35. The van der Waals surface area contributed by atoms with Gasteiger partial charge in [0.1, 0.15) is 0 Å². The number of carbonyl (C=O) groups excluding carboxylic acids is 2. The molecule has 0 aromatic heterocycles. The van der Waals surface area contributed by atoms with Gasteiger partial charge in [0.05, 0.1) is 38.9 Å². The minimum Gasteiger partial charge on any atom is -0.372 e. The molecule has 1 fully saturated rings. The molecule has 172 valence electrons. The van der Waals surface area contributed by atoms with Gasteiger partial charge in [0.25, 0.3) is 11.8 Å². The lowest BCUT2D eigenvalue weighted by atomic mass is 10.1. The molecule has 1 heterocycles. The molecule has 32 heavy (non-hydrogen) atoms. The van der Waals surface area contributed by atoms with E-state index in [0.717, 1.165) is 4.31 Å². The van der Waals surface area contributed by atoms with Crippen LogP contribution in [0, 0.1) is 0 Å². The predicted octanol–water partition coefficient (Wildman–Crippen LogP) is 3.09. The van der Waals surface area contributed by atoms with Crippen molar-refractivity contribution in [2.24, 2.45) is 0 Å². The summed E-state index contributed by atoms with van der Waals surface area (Å²) in [4.78, 5) is 27.8. The smallest absolute Gasteiger partial charge is 0.257 e. The molecule has 1 N–H and O–H groups in total. The topological polar surface area (TPSA) is 96.0 Å². The summed E-state index contributed by atoms with van der Waals surface area (Å²) in [5, 5.41) is 2.80. The second-order valence-electron chi connectivity index (χ2n) is 7.90. The number of nitrogens with one attached hydrogen (secondary N) is 1. The van der Waals surface area contributed by atoms with Gasteiger partial charge in [-0.2, -0.15) is 0 Å². The van der Waals surface area contributed by atoms with E-state index in [1.807, 2.05) is 13.8 Å². The third-order valence-electron chi connectivity index (χ3n) is 5.07. The summed E-state index contributed by atoms with van der Waals surface area (Å²) < 4.78 is 31.6. The van der Waals surface area contributed by atoms with Gasteiger partial charge in [-0.1, -0.05) is 23.7 Å². The molecule has 2 unspecified atom stereocenters. The average molecular weight is 480 g/mol. The van der Waals surface area contributed by atoms with Crippen molar-refractivity contribution in [2.75, 3.05) is 32.5 Å². The van der Waals surface area contributed by atoms with Crippen molar-refractivity contribution in [3.05, 3.63) is 58.6 Å². The van der Waals surface area contributed by atoms with Crippen LogP contribution in [-0.4, -0.2) is 68.8 Å². The fourth-order valence-electron chi connectivity index (χ4n) is 3.53. The first-order valence-corrected chi connectivity index (χ1v) is 11.9. The van der Waals surface area contributed by atoms with Crippen LogP contribution < -0.4 is 5.32 Å². The lowest BCUT2D eigenvalue weighted by Crippen LogP contribution is -2.48. The Bertz CT molecular complexity index is 1130. The van der Waals surface area contributed by atoms with Crippen LogP contribution in [0.1, 0.15) is 34.6 Å². The van der Waals surface area contributed by atoms with Crippen LogP contribution in [0.15, 0.2) is 47.4 Å². The summed E-state index contributed by atoms with van der Waals surface area (Å²) >= 11 is 6.18. The highest BCUT2D eigenvalue weighted by Crippen LogP contribution is 2.25. The molecular weight excluding hydrogens is 454 g/mol. The number of para-hydroxylation sites is 1. The fourth-order valence-corrected chi connectivity index (χ4v) is 4.66. The summed E-state index contributed by atoms with van der Waals surface area (Å²) in [6, 6.07) is 10.6. The number of rotatable bonds is 5. The van der Waals surface area contributed by atoms with Gasteiger partial charge in [0.15, 0.2) is 0 Å². The highest BCUT2D eigenvalue weighted by molar-refractivity contribution is 7.89. The molecule has 0 aliphatic carbocycles. The third kappa shape index (κ3) is 5.12. The van der Waals surface area contributed by atoms with Crippen LogP contribution in [0.3, 0.4) is 0 Å². The van der Waals surface area contributed by atoms with Crippen molar-refractivity contribution in [3.63, 3.8) is 0 Å². The number of sulfonamides is 1. The van der Waals surface area contributed by atoms with Crippen LogP contribution in [0.2, 0.25) is 5.02 Å². The number of hydrogen-bond acceptors (Lipinski definition) is 5. The lowest BCUT2D eigenvalue weighted by molar-refractivity contribution is -0.0585. The molecule has 0 spiro atoms. The molecule has 2 amide bonds. The Morgan fingerprint density at radius 3 is 2.31 bits per heavy atom. The number of benzene rings is 2. The average Bonchev–Trinajstić information content (AvgIpc) is 2.73. The molecule has 2 atom stereocenters. The molecule has 2 aromatic carbocycles. The Morgan fingerprint density at radius 2 is 1.69 bits per heavy atom. The molecule has 3 rings (SSSR count). The maximum Gasteiger partial charge on any atom is 0.257 e. The van der Waals surface area contributed by atoms with Crippen LogP contribution in [0.5, 0.6) is 0 Å². The Labute approximate surface area is 193 Å². The first-order chi connectivity index (χ1) is 15.0. The summed E-state index contributed by atoms with van der Waals surface area (Å²) in [6.45, 7) is 4.70. The van der Waals surface area contributed by atoms with Gasteiger partial charge < -0.3 is 15.0 Å². The van der Waals surface area contributed by atoms with Gasteiger partial charge in [-0.15, -0.1) is 0 Å². The van der Waals surface area contributed by atoms with E-state index in [0.29, 0.717) is 24.3 Å². The molecule has 0 radical (unpaired) electrons. The molecular formula is C22H26ClN3O5S. The standard InChI is InChI=1S/C22H26ClN3O5S/c1-14-12-26(13-15(2)31-14)22(28)17-7-5-6-8-20(17)24-21(27)18-11-16(9-10-19(18)23)32(29,30)25(3)4/h5-11,14-15H,12-13H2,1-4H3,(H,24,27). The zero-order chi connectivity index (χ0) is 23.6. The van der Waals surface area contributed by atoms with Gasteiger partial charge in [-0.3, -0.25) is 9.59 Å². The number of amides is 2. The van der Waals surface area contributed by atoms with Crippen molar-refractivity contribution in [3.8, 4) is 0 Å².